The molecule has 0 N–H and O–H groups in total. The highest BCUT2D eigenvalue weighted by molar-refractivity contribution is 5.71. The van der Waals surface area contributed by atoms with E-state index in [1.165, 1.54) is 20.0 Å². The molecule has 0 amide bonds. The molecule has 2 rings (SSSR count). The van der Waals surface area contributed by atoms with Crippen molar-refractivity contribution in [2.75, 3.05) is 13.7 Å². The maximum Gasteiger partial charge on any atom is 0.319 e. The van der Waals surface area contributed by atoms with E-state index in [0.717, 1.165) is 18.4 Å². The Kier molecular flexibility index (Phi) is 5.14. The van der Waals surface area contributed by atoms with E-state index in [2.05, 4.69) is 11.0 Å². The summed E-state index contributed by atoms with van der Waals surface area (Å²) in [7, 11) is 1.42. The number of carbonyl (C=O) groups is 1. The highest BCUT2D eigenvalue weighted by Crippen LogP contribution is 2.25. The smallest absolute Gasteiger partial charge is 0.319 e. The number of nitrogens with zero attached hydrogens (tertiary/aromatic N) is 2. The summed E-state index contributed by atoms with van der Waals surface area (Å²) in [5.74, 6) is -0.216. The summed E-state index contributed by atoms with van der Waals surface area (Å²) >= 11 is 0. The summed E-state index contributed by atoms with van der Waals surface area (Å²) in [6.07, 6.45) is 4.65. The largest absolute Gasteiger partial charge is 0.468 e. The van der Waals surface area contributed by atoms with Crippen molar-refractivity contribution >= 4 is 5.97 Å². The fourth-order valence-electron chi connectivity index (χ4n) is 2.80. The molecule has 0 atom stereocenters. The maximum atomic E-state index is 11.6. The van der Waals surface area contributed by atoms with E-state index in [0.29, 0.717) is 24.7 Å². The third-order valence-electron chi connectivity index (χ3n) is 3.91. The Morgan fingerprint density at radius 1 is 1.40 bits per heavy atom. The summed E-state index contributed by atoms with van der Waals surface area (Å²) in [5, 5.41) is 9.16. The predicted molar refractivity (Wildman–Crippen MR) is 75.8 cm³/mol. The first-order chi connectivity index (χ1) is 9.74. The Bertz CT molecular complexity index is 501. The Morgan fingerprint density at radius 2 is 2.10 bits per heavy atom. The van der Waals surface area contributed by atoms with E-state index in [4.69, 9.17) is 10.00 Å². The Hall–Kier alpha value is -1.86. The monoisotopic (exact) mass is 272 g/mol. The second-order valence-electron chi connectivity index (χ2n) is 5.19. The molecular weight excluding hydrogens is 252 g/mol. The first-order valence-corrected chi connectivity index (χ1v) is 7.03. The average molecular weight is 272 g/mol. The molecule has 0 radical (unpaired) electrons. The Balaban J connectivity index is 2.14. The number of carbonyl (C=O) groups excluding carboxylic acids is 1. The van der Waals surface area contributed by atoms with Crippen LogP contribution >= 0.6 is 0 Å². The van der Waals surface area contributed by atoms with Crippen molar-refractivity contribution in [3.63, 3.8) is 0 Å². The van der Waals surface area contributed by atoms with Crippen LogP contribution in [-0.4, -0.2) is 30.6 Å². The van der Waals surface area contributed by atoms with E-state index in [1.807, 2.05) is 24.3 Å². The van der Waals surface area contributed by atoms with E-state index in [9.17, 15) is 4.79 Å². The first kappa shape index (κ1) is 14.5. The second kappa shape index (κ2) is 7.06. The lowest BCUT2D eigenvalue weighted by Gasteiger charge is -2.28. The number of methoxy groups -OCH3 is 1. The molecule has 0 unspecified atom stereocenters. The van der Waals surface area contributed by atoms with E-state index in [-0.39, 0.29) is 5.97 Å². The van der Waals surface area contributed by atoms with Gasteiger partial charge >= 0.3 is 5.97 Å². The fraction of sp³-hybridized carbons (Fsp3) is 0.500. The number of nitriles is 1. The minimum Gasteiger partial charge on any atom is -0.468 e. The van der Waals surface area contributed by atoms with Crippen molar-refractivity contribution in [1.29, 1.82) is 5.26 Å². The van der Waals surface area contributed by atoms with Gasteiger partial charge in [0, 0.05) is 12.6 Å². The molecule has 0 bridgehead atoms. The van der Waals surface area contributed by atoms with Gasteiger partial charge in [0.25, 0.3) is 0 Å². The summed E-state index contributed by atoms with van der Waals surface area (Å²) in [5.41, 5.74) is 1.66. The molecule has 4 nitrogen and oxygen atoms in total. The van der Waals surface area contributed by atoms with Crippen LogP contribution in [-0.2, 0) is 16.1 Å². The quantitative estimate of drug-likeness (QED) is 0.773. The van der Waals surface area contributed by atoms with Crippen molar-refractivity contribution in [2.45, 2.75) is 38.3 Å². The average Bonchev–Trinajstić information content (AvgIpc) is 3.01. The predicted octanol–water partition coefficient (Wildman–Crippen LogP) is 2.48. The van der Waals surface area contributed by atoms with E-state index >= 15 is 0 Å². The zero-order valence-corrected chi connectivity index (χ0v) is 11.8. The standard InChI is InChI=1S/C16H20N2O2/c1-20-16(19)12-18(15-8-4-5-9-15)11-14-7-3-2-6-13(14)10-17/h2-3,6-7,15H,4-5,8-9,11-12H2,1H3. The third kappa shape index (κ3) is 3.58. The Labute approximate surface area is 120 Å². The van der Waals surface area contributed by atoms with Crippen LogP contribution in [0.15, 0.2) is 24.3 Å². The molecular formula is C16H20N2O2. The molecule has 106 valence electrons. The third-order valence-corrected chi connectivity index (χ3v) is 3.91. The zero-order chi connectivity index (χ0) is 14.4. The van der Waals surface area contributed by atoms with Gasteiger partial charge in [-0.15, -0.1) is 0 Å². The molecule has 0 heterocycles. The minimum absolute atomic E-state index is 0.216. The van der Waals surface area contributed by atoms with Crippen LogP contribution in [0, 0.1) is 11.3 Å². The van der Waals surface area contributed by atoms with Crippen LogP contribution in [0.25, 0.3) is 0 Å². The van der Waals surface area contributed by atoms with Crippen LogP contribution in [0.4, 0.5) is 0 Å². The first-order valence-electron chi connectivity index (χ1n) is 7.03. The molecule has 1 aromatic rings. The fourth-order valence-corrected chi connectivity index (χ4v) is 2.80. The van der Waals surface area contributed by atoms with Gasteiger partial charge in [0.15, 0.2) is 0 Å². The van der Waals surface area contributed by atoms with Crippen molar-refractivity contribution in [2.24, 2.45) is 0 Å². The lowest BCUT2D eigenvalue weighted by molar-refractivity contribution is -0.142. The van der Waals surface area contributed by atoms with Crippen LogP contribution in [0.2, 0.25) is 0 Å². The number of hydrogen-bond acceptors (Lipinski definition) is 4. The maximum absolute atomic E-state index is 11.6. The highest BCUT2D eigenvalue weighted by atomic mass is 16.5. The molecule has 1 saturated carbocycles. The lowest BCUT2D eigenvalue weighted by Crippen LogP contribution is -2.37. The number of ether oxygens (including phenoxy) is 1. The van der Waals surface area contributed by atoms with Crippen LogP contribution < -0.4 is 0 Å². The molecule has 20 heavy (non-hydrogen) atoms. The molecule has 0 spiro atoms. The summed E-state index contributed by atoms with van der Waals surface area (Å²) in [4.78, 5) is 13.7. The van der Waals surface area contributed by atoms with Crippen LogP contribution in [0.3, 0.4) is 0 Å². The molecule has 4 heteroatoms. The summed E-state index contributed by atoms with van der Waals surface area (Å²) in [6, 6.07) is 10.2. The van der Waals surface area contributed by atoms with Crippen molar-refractivity contribution in [3.05, 3.63) is 35.4 Å². The molecule has 0 saturated heterocycles. The SMILES string of the molecule is COC(=O)CN(Cc1ccccc1C#N)C1CCCC1. The number of rotatable bonds is 5. The normalized spacial score (nSPS) is 15.2. The zero-order valence-electron chi connectivity index (χ0n) is 11.8. The van der Waals surface area contributed by atoms with Gasteiger partial charge in [-0.05, 0) is 24.5 Å². The molecule has 0 aliphatic heterocycles. The van der Waals surface area contributed by atoms with Gasteiger partial charge < -0.3 is 4.74 Å². The molecule has 1 fully saturated rings. The summed E-state index contributed by atoms with van der Waals surface area (Å²) < 4.78 is 4.79. The number of esters is 1. The van der Waals surface area contributed by atoms with Gasteiger partial charge in [0.05, 0.1) is 25.3 Å². The highest BCUT2D eigenvalue weighted by Gasteiger charge is 2.25. The molecule has 1 aliphatic carbocycles. The number of hydrogen-bond donors (Lipinski definition) is 0. The van der Waals surface area contributed by atoms with Gasteiger partial charge in [-0.3, -0.25) is 9.69 Å². The van der Waals surface area contributed by atoms with Gasteiger partial charge in [-0.2, -0.15) is 5.26 Å². The van der Waals surface area contributed by atoms with Crippen LogP contribution in [0.5, 0.6) is 0 Å². The van der Waals surface area contributed by atoms with E-state index < -0.39 is 0 Å². The second-order valence-corrected chi connectivity index (χ2v) is 5.19. The minimum atomic E-state index is -0.216. The molecule has 1 aromatic carbocycles. The molecule has 1 aliphatic rings. The molecule has 0 aromatic heterocycles. The van der Waals surface area contributed by atoms with Crippen molar-refractivity contribution in [1.82, 2.24) is 4.90 Å². The summed E-state index contributed by atoms with van der Waals surface area (Å²) in [6.45, 7) is 0.921. The van der Waals surface area contributed by atoms with Gasteiger partial charge in [-0.25, -0.2) is 0 Å². The van der Waals surface area contributed by atoms with Crippen molar-refractivity contribution in [3.8, 4) is 6.07 Å². The topological polar surface area (TPSA) is 53.3 Å². The van der Waals surface area contributed by atoms with Crippen LogP contribution in [0.1, 0.15) is 36.8 Å². The lowest BCUT2D eigenvalue weighted by atomic mass is 10.1. The van der Waals surface area contributed by atoms with E-state index in [1.54, 1.807) is 0 Å². The van der Waals surface area contributed by atoms with Crippen molar-refractivity contribution < 1.29 is 9.53 Å². The van der Waals surface area contributed by atoms with Gasteiger partial charge in [-0.1, -0.05) is 31.0 Å². The number of benzene rings is 1. The Morgan fingerprint density at radius 3 is 2.75 bits per heavy atom. The van der Waals surface area contributed by atoms with Gasteiger partial charge in [0.1, 0.15) is 0 Å². The van der Waals surface area contributed by atoms with Gasteiger partial charge in [0.2, 0.25) is 0 Å².